The highest BCUT2D eigenvalue weighted by molar-refractivity contribution is 7.99. The number of hydrogen-bond acceptors (Lipinski definition) is 5. The fraction of sp³-hybridized carbons (Fsp3) is 0.316. The second-order valence-electron chi connectivity index (χ2n) is 5.98. The van der Waals surface area contributed by atoms with Crippen molar-refractivity contribution in [3.05, 3.63) is 52.2 Å². The molecule has 0 fully saturated rings. The molecule has 26 heavy (non-hydrogen) atoms. The van der Waals surface area contributed by atoms with Gasteiger partial charge in [0.25, 0.3) is 0 Å². The van der Waals surface area contributed by atoms with Crippen LogP contribution >= 0.6 is 23.1 Å². The Morgan fingerprint density at radius 2 is 2.00 bits per heavy atom. The first kappa shape index (κ1) is 18.7. The molecule has 3 aromatic rings. The SMILES string of the molecule is CCn1c(SCC(=O)N(C)Cc2sccc2C)nnc1-c1ccccc1. The van der Waals surface area contributed by atoms with E-state index < -0.39 is 0 Å². The van der Waals surface area contributed by atoms with Crippen LogP contribution in [0, 0.1) is 6.92 Å². The molecular formula is C19H22N4OS2. The van der Waals surface area contributed by atoms with Crippen LogP contribution in [0.2, 0.25) is 0 Å². The summed E-state index contributed by atoms with van der Waals surface area (Å²) in [6, 6.07) is 12.1. The summed E-state index contributed by atoms with van der Waals surface area (Å²) in [7, 11) is 1.85. The maximum Gasteiger partial charge on any atom is 0.233 e. The number of aromatic nitrogens is 3. The van der Waals surface area contributed by atoms with Crippen LogP contribution in [-0.4, -0.2) is 38.4 Å². The summed E-state index contributed by atoms with van der Waals surface area (Å²) in [6.07, 6.45) is 0. The van der Waals surface area contributed by atoms with Gasteiger partial charge in [-0.2, -0.15) is 0 Å². The quantitative estimate of drug-likeness (QED) is 0.574. The average molecular weight is 387 g/mol. The molecule has 0 aliphatic carbocycles. The minimum Gasteiger partial charge on any atom is -0.340 e. The number of thioether (sulfide) groups is 1. The van der Waals surface area contributed by atoms with Gasteiger partial charge in [0.05, 0.1) is 12.3 Å². The van der Waals surface area contributed by atoms with Gasteiger partial charge in [-0.05, 0) is 30.9 Å². The van der Waals surface area contributed by atoms with Crippen LogP contribution in [0.5, 0.6) is 0 Å². The van der Waals surface area contributed by atoms with Crippen molar-refractivity contribution >= 4 is 29.0 Å². The van der Waals surface area contributed by atoms with E-state index in [-0.39, 0.29) is 5.91 Å². The molecule has 0 saturated heterocycles. The van der Waals surface area contributed by atoms with Crippen molar-refractivity contribution < 1.29 is 4.79 Å². The monoisotopic (exact) mass is 386 g/mol. The van der Waals surface area contributed by atoms with Crippen LogP contribution in [0.4, 0.5) is 0 Å². The molecule has 0 spiro atoms. The van der Waals surface area contributed by atoms with E-state index in [1.807, 2.05) is 37.4 Å². The highest BCUT2D eigenvalue weighted by Crippen LogP contribution is 2.24. The minimum atomic E-state index is 0.0923. The van der Waals surface area contributed by atoms with Crippen molar-refractivity contribution in [2.45, 2.75) is 32.1 Å². The molecular weight excluding hydrogens is 364 g/mol. The van der Waals surface area contributed by atoms with Gasteiger partial charge in [0.15, 0.2) is 11.0 Å². The van der Waals surface area contributed by atoms with Crippen LogP contribution in [0.3, 0.4) is 0 Å². The minimum absolute atomic E-state index is 0.0923. The van der Waals surface area contributed by atoms with Crippen molar-refractivity contribution in [1.29, 1.82) is 0 Å². The predicted octanol–water partition coefficient (Wildman–Crippen LogP) is 4.09. The van der Waals surface area contributed by atoms with Crippen molar-refractivity contribution in [2.24, 2.45) is 0 Å². The first-order valence-corrected chi connectivity index (χ1v) is 10.3. The van der Waals surface area contributed by atoms with Gasteiger partial charge >= 0.3 is 0 Å². The Bertz CT molecular complexity index is 873. The second kappa shape index (κ2) is 8.51. The lowest BCUT2D eigenvalue weighted by molar-refractivity contribution is -0.127. The molecule has 5 nitrogen and oxygen atoms in total. The molecule has 0 N–H and O–H groups in total. The lowest BCUT2D eigenvalue weighted by Crippen LogP contribution is -2.27. The summed E-state index contributed by atoms with van der Waals surface area (Å²) in [5.41, 5.74) is 2.27. The normalized spacial score (nSPS) is 10.9. The molecule has 0 radical (unpaired) electrons. The topological polar surface area (TPSA) is 51.0 Å². The molecule has 2 aromatic heterocycles. The molecule has 7 heteroatoms. The third-order valence-corrected chi connectivity index (χ3v) is 6.12. The fourth-order valence-electron chi connectivity index (χ4n) is 2.59. The third kappa shape index (κ3) is 4.16. The Balaban J connectivity index is 1.65. The molecule has 0 aliphatic rings. The maximum absolute atomic E-state index is 12.5. The van der Waals surface area contributed by atoms with Crippen LogP contribution in [0.15, 0.2) is 46.9 Å². The molecule has 1 amide bonds. The fourth-order valence-corrected chi connectivity index (χ4v) is 4.49. The van der Waals surface area contributed by atoms with E-state index in [0.29, 0.717) is 12.3 Å². The molecule has 1 aromatic carbocycles. The summed E-state index contributed by atoms with van der Waals surface area (Å²) in [4.78, 5) is 15.5. The zero-order valence-electron chi connectivity index (χ0n) is 15.2. The van der Waals surface area contributed by atoms with Crippen LogP contribution in [0.25, 0.3) is 11.4 Å². The highest BCUT2D eigenvalue weighted by Gasteiger charge is 2.16. The number of rotatable bonds is 7. The van der Waals surface area contributed by atoms with Crippen molar-refractivity contribution in [3.63, 3.8) is 0 Å². The lowest BCUT2D eigenvalue weighted by atomic mass is 10.2. The molecule has 3 rings (SSSR count). The van der Waals surface area contributed by atoms with Crippen LogP contribution in [0.1, 0.15) is 17.4 Å². The smallest absolute Gasteiger partial charge is 0.233 e. The van der Waals surface area contributed by atoms with E-state index in [9.17, 15) is 4.79 Å². The number of thiophene rings is 1. The summed E-state index contributed by atoms with van der Waals surface area (Å²) in [5, 5.41) is 11.5. The van der Waals surface area contributed by atoms with Gasteiger partial charge in [-0.25, -0.2) is 0 Å². The number of carbonyl (C=O) groups is 1. The first-order valence-electron chi connectivity index (χ1n) is 8.48. The summed E-state index contributed by atoms with van der Waals surface area (Å²) in [6.45, 7) is 5.55. The maximum atomic E-state index is 12.5. The number of hydrogen-bond donors (Lipinski definition) is 0. The molecule has 2 heterocycles. The van der Waals surface area contributed by atoms with E-state index in [1.165, 1.54) is 22.2 Å². The van der Waals surface area contributed by atoms with Gasteiger partial charge in [0.1, 0.15) is 0 Å². The van der Waals surface area contributed by atoms with Crippen molar-refractivity contribution in [2.75, 3.05) is 12.8 Å². The number of nitrogens with zero attached hydrogens (tertiary/aromatic N) is 4. The first-order chi connectivity index (χ1) is 12.6. The van der Waals surface area contributed by atoms with Gasteiger partial charge in [-0.1, -0.05) is 42.1 Å². The Morgan fingerprint density at radius 3 is 2.65 bits per heavy atom. The van der Waals surface area contributed by atoms with Crippen molar-refractivity contribution in [1.82, 2.24) is 19.7 Å². The summed E-state index contributed by atoms with van der Waals surface area (Å²) < 4.78 is 2.05. The van der Waals surface area contributed by atoms with Gasteiger partial charge in [-0.3, -0.25) is 4.79 Å². The second-order valence-corrected chi connectivity index (χ2v) is 7.92. The number of carbonyl (C=O) groups excluding carboxylic acids is 1. The Hall–Kier alpha value is -2.12. The van der Waals surface area contributed by atoms with E-state index >= 15 is 0 Å². The summed E-state index contributed by atoms with van der Waals surface area (Å²) in [5.74, 6) is 1.29. The van der Waals surface area contributed by atoms with E-state index in [4.69, 9.17) is 0 Å². The highest BCUT2D eigenvalue weighted by atomic mass is 32.2. The molecule has 0 bridgehead atoms. The van der Waals surface area contributed by atoms with Gasteiger partial charge < -0.3 is 9.47 Å². The number of aryl methyl sites for hydroxylation is 1. The van der Waals surface area contributed by atoms with Crippen molar-refractivity contribution in [3.8, 4) is 11.4 Å². The van der Waals surface area contributed by atoms with E-state index in [0.717, 1.165) is 23.1 Å². The van der Waals surface area contributed by atoms with Crippen LogP contribution < -0.4 is 0 Å². The van der Waals surface area contributed by atoms with E-state index in [2.05, 4.69) is 40.1 Å². The molecule has 0 aliphatic heterocycles. The Kier molecular flexibility index (Phi) is 6.11. The Labute approximate surface area is 162 Å². The molecule has 136 valence electrons. The molecule has 0 atom stereocenters. The average Bonchev–Trinajstić information content (AvgIpc) is 3.26. The largest absolute Gasteiger partial charge is 0.340 e. The third-order valence-electron chi connectivity index (χ3n) is 4.16. The number of amides is 1. The standard InChI is InChI=1S/C19H22N4OS2/c1-4-23-18(15-8-6-5-7-9-15)20-21-19(23)26-13-17(24)22(3)12-16-14(2)10-11-25-16/h5-11H,4,12-13H2,1-3H3. The zero-order valence-corrected chi connectivity index (χ0v) is 16.8. The molecule has 0 unspecified atom stereocenters. The predicted molar refractivity (Wildman–Crippen MR) is 107 cm³/mol. The van der Waals surface area contributed by atoms with E-state index in [1.54, 1.807) is 16.2 Å². The Morgan fingerprint density at radius 1 is 1.23 bits per heavy atom. The number of benzene rings is 1. The van der Waals surface area contributed by atoms with Gasteiger partial charge in [0.2, 0.25) is 5.91 Å². The van der Waals surface area contributed by atoms with Crippen LogP contribution in [-0.2, 0) is 17.9 Å². The van der Waals surface area contributed by atoms with Gasteiger partial charge in [-0.15, -0.1) is 21.5 Å². The molecule has 0 saturated carbocycles. The summed E-state index contributed by atoms with van der Waals surface area (Å²) >= 11 is 3.13. The van der Waals surface area contributed by atoms with Gasteiger partial charge in [0, 0.05) is 24.0 Å². The lowest BCUT2D eigenvalue weighted by Gasteiger charge is -2.16. The zero-order chi connectivity index (χ0) is 18.5.